The van der Waals surface area contributed by atoms with Gasteiger partial charge in [-0.05, 0) is 6.42 Å². The van der Waals surface area contributed by atoms with Crippen molar-refractivity contribution >= 4 is 5.95 Å². The average Bonchev–Trinajstić information content (AvgIpc) is 2.38. The largest absolute Gasteiger partial charge is 0.478 e. The summed E-state index contributed by atoms with van der Waals surface area (Å²) in [6.45, 7) is 3.17. The summed E-state index contributed by atoms with van der Waals surface area (Å²) in [5, 5.41) is 3.01. The Balaban J connectivity index is 2.47. The van der Waals surface area contributed by atoms with Gasteiger partial charge in [0.1, 0.15) is 0 Å². The van der Waals surface area contributed by atoms with Crippen molar-refractivity contribution in [1.82, 2.24) is 9.97 Å². The van der Waals surface area contributed by atoms with Crippen LogP contribution in [0.25, 0.3) is 0 Å². The average molecular weight is 241 g/mol. The number of anilines is 1. The van der Waals surface area contributed by atoms with Gasteiger partial charge in [-0.2, -0.15) is 4.98 Å². The van der Waals surface area contributed by atoms with E-state index >= 15 is 0 Å². The van der Waals surface area contributed by atoms with Crippen molar-refractivity contribution in [2.24, 2.45) is 0 Å². The van der Waals surface area contributed by atoms with E-state index in [1.54, 1.807) is 26.5 Å². The van der Waals surface area contributed by atoms with E-state index in [2.05, 4.69) is 15.3 Å². The zero-order valence-corrected chi connectivity index (χ0v) is 10.5. The number of aromatic nitrogens is 2. The molecule has 17 heavy (non-hydrogen) atoms. The Morgan fingerprint density at radius 3 is 2.76 bits per heavy atom. The van der Waals surface area contributed by atoms with Gasteiger partial charge in [-0.3, -0.25) is 0 Å². The number of nitrogens with zero attached hydrogens (tertiary/aromatic N) is 2. The Hall–Kier alpha value is -1.40. The van der Waals surface area contributed by atoms with Crippen LogP contribution in [-0.2, 0) is 9.47 Å². The fourth-order valence-corrected chi connectivity index (χ4v) is 1.15. The van der Waals surface area contributed by atoms with Gasteiger partial charge in [-0.25, -0.2) is 4.98 Å². The topological polar surface area (TPSA) is 65.5 Å². The number of methoxy groups -OCH3 is 2. The Morgan fingerprint density at radius 1 is 1.35 bits per heavy atom. The first kappa shape index (κ1) is 13.7. The number of hydrogen-bond donors (Lipinski definition) is 1. The maximum absolute atomic E-state index is 5.40. The van der Waals surface area contributed by atoms with E-state index in [-0.39, 0.29) is 6.29 Å². The van der Waals surface area contributed by atoms with Gasteiger partial charge in [-0.1, -0.05) is 6.92 Å². The van der Waals surface area contributed by atoms with Crippen molar-refractivity contribution in [3.63, 3.8) is 0 Å². The summed E-state index contributed by atoms with van der Waals surface area (Å²) in [4.78, 5) is 8.27. The molecule has 0 unspecified atom stereocenters. The Labute approximate surface area is 101 Å². The van der Waals surface area contributed by atoms with Crippen LogP contribution in [0, 0.1) is 0 Å². The van der Waals surface area contributed by atoms with Crippen LogP contribution < -0.4 is 10.1 Å². The summed E-state index contributed by atoms with van der Waals surface area (Å²) in [6, 6.07) is 1.73. The van der Waals surface area contributed by atoms with Crippen LogP contribution in [0.15, 0.2) is 12.3 Å². The molecular formula is C11H19N3O3. The molecule has 0 fully saturated rings. The molecule has 0 aliphatic heterocycles. The molecule has 1 rings (SSSR count). The lowest BCUT2D eigenvalue weighted by molar-refractivity contribution is -0.0914. The molecule has 0 aliphatic carbocycles. The third-order valence-corrected chi connectivity index (χ3v) is 2.04. The van der Waals surface area contributed by atoms with E-state index in [9.17, 15) is 0 Å². The van der Waals surface area contributed by atoms with Gasteiger partial charge in [0.15, 0.2) is 6.29 Å². The van der Waals surface area contributed by atoms with Crippen molar-refractivity contribution in [2.45, 2.75) is 19.6 Å². The lowest BCUT2D eigenvalue weighted by Crippen LogP contribution is -2.24. The number of hydrogen-bond acceptors (Lipinski definition) is 6. The standard InChI is InChI=1S/C11H19N3O3/c1-4-7-17-9-5-6-12-11(14-9)13-8-10(15-2)16-3/h5-6,10H,4,7-8H2,1-3H3,(H,12,13,14). The molecule has 0 spiro atoms. The monoisotopic (exact) mass is 241 g/mol. The first-order valence-corrected chi connectivity index (χ1v) is 5.55. The predicted molar refractivity (Wildman–Crippen MR) is 64.1 cm³/mol. The first-order valence-electron chi connectivity index (χ1n) is 5.55. The van der Waals surface area contributed by atoms with E-state index in [1.807, 2.05) is 6.92 Å². The molecule has 1 heterocycles. The molecule has 0 radical (unpaired) electrons. The van der Waals surface area contributed by atoms with E-state index in [0.717, 1.165) is 6.42 Å². The van der Waals surface area contributed by atoms with Crippen LogP contribution in [0.5, 0.6) is 5.88 Å². The summed E-state index contributed by atoms with van der Waals surface area (Å²) in [5.41, 5.74) is 0. The molecule has 0 aliphatic rings. The summed E-state index contributed by atoms with van der Waals surface area (Å²) in [7, 11) is 3.16. The van der Waals surface area contributed by atoms with E-state index in [0.29, 0.717) is 25.0 Å². The molecule has 0 saturated carbocycles. The second-order valence-corrected chi connectivity index (χ2v) is 3.35. The zero-order valence-electron chi connectivity index (χ0n) is 10.5. The molecule has 0 aromatic carbocycles. The minimum Gasteiger partial charge on any atom is -0.478 e. The second kappa shape index (κ2) is 7.81. The predicted octanol–water partition coefficient (Wildman–Crippen LogP) is 1.30. The minimum absolute atomic E-state index is 0.321. The summed E-state index contributed by atoms with van der Waals surface area (Å²) >= 11 is 0. The van der Waals surface area contributed by atoms with E-state index < -0.39 is 0 Å². The van der Waals surface area contributed by atoms with Gasteiger partial charge in [-0.15, -0.1) is 0 Å². The van der Waals surface area contributed by atoms with Gasteiger partial charge in [0.25, 0.3) is 0 Å². The fraction of sp³-hybridized carbons (Fsp3) is 0.636. The van der Waals surface area contributed by atoms with Crippen LogP contribution in [0.4, 0.5) is 5.95 Å². The molecule has 96 valence electrons. The van der Waals surface area contributed by atoms with Crippen LogP contribution in [-0.4, -0.2) is 43.6 Å². The van der Waals surface area contributed by atoms with Gasteiger partial charge in [0.2, 0.25) is 11.8 Å². The molecule has 1 N–H and O–H groups in total. The molecule has 1 aromatic heterocycles. The maximum atomic E-state index is 5.40. The highest BCUT2D eigenvalue weighted by Crippen LogP contribution is 2.08. The molecule has 6 heteroatoms. The third kappa shape index (κ3) is 4.97. The summed E-state index contributed by atoms with van der Waals surface area (Å²) in [6.07, 6.45) is 2.27. The highest BCUT2D eigenvalue weighted by Gasteiger charge is 2.06. The van der Waals surface area contributed by atoms with Gasteiger partial charge in [0, 0.05) is 26.5 Å². The molecule has 0 amide bonds. The molecule has 6 nitrogen and oxygen atoms in total. The van der Waals surface area contributed by atoms with Crippen LogP contribution in [0.3, 0.4) is 0 Å². The van der Waals surface area contributed by atoms with Crippen molar-refractivity contribution < 1.29 is 14.2 Å². The number of rotatable bonds is 8. The Kier molecular flexibility index (Phi) is 6.27. The smallest absolute Gasteiger partial charge is 0.226 e. The molecule has 0 bridgehead atoms. The molecular weight excluding hydrogens is 222 g/mol. The van der Waals surface area contributed by atoms with Crippen LogP contribution in [0.1, 0.15) is 13.3 Å². The second-order valence-electron chi connectivity index (χ2n) is 3.35. The highest BCUT2D eigenvalue weighted by atomic mass is 16.7. The minimum atomic E-state index is -0.321. The fourth-order valence-electron chi connectivity index (χ4n) is 1.15. The summed E-state index contributed by atoms with van der Waals surface area (Å²) < 4.78 is 15.5. The number of ether oxygens (including phenoxy) is 3. The molecule has 0 saturated heterocycles. The van der Waals surface area contributed by atoms with Crippen LogP contribution >= 0.6 is 0 Å². The Morgan fingerprint density at radius 2 is 2.12 bits per heavy atom. The van der Waals surface area contributed by atoms with Crippen molar-refractivity contribution in [3.05, 3.63) is 12.3 Å². The zero-order chi connectivity index (χ0) is 12.5. The first-order chi connectivity index (χ1) is 8.30. The third-order valence-electron chi connectivity index (χ3n) is 2.04. The lowest BCUT2D eigenvalue weighted by Gasteiger charge is -2.14. The Bertz CT molecular complexity index is 319. The van der Waals surface area contributed by atoms with Crippen molar-refractivity contribution in [3.8, 4) is 5.88 Å². The molecule has 1 aromatic rings. The van der Waals surface area contributed by atoms with E-state index in [1.165, 1.54) is 0 Å². The van der Waals surface area contributed by atoms with Gasteiger partial charge >= 0.3 is 0 Å². The quantitative estimate of drug-likeness (QED) is 0.692. The van der Waals surface area contributed by atoms with Crippen LogP contribution in [0.2, 0.25) is 0 Å². The van der Waals surface area contributed by atoms with Crippen molar-refractivity contribution in [1.29, 1.82) is 0 Å². The van der Waals surface area contributed by atoms with Gasteiger partial charge < -0.3 is 19.5 Å². The maximum Gasteiger partial charge on any atom is 0.226 e. The van der Waals surface area contributed by atoms with Crippen molar-refractivity contribution in [2.75, 3.05) is 32.7 Å². The van der Waals surface area contributed by atoms with E-state index in [4.69, 9.17) is 14.2 Å². The SMILES string of the molecule is CCCOc1ccnc(NCC(OC)OC)n1. The normalized spacial score (nSPS) is 10.6. The highest BCUT2D eigenvalue weighted by molar-refractivity contribution is 5.27. The lowest BCUT2D eigenvalue weighted by atomic mass is 10.5. The number of nitrogens with one attached hydrogen (secondary N) is 1. The van der Waals surface area contributed by atoms with Gasteiger partial charge in [0.05, 0.1) is 13.2 Å². The summed E-state index contributed by atoms with van der Waals surface area (Å²) in [5.74, 6) is 1.06. The molecule has 0 atom stereocenters.